The summed E-state index contributed by atoms with van der Waals surface area (Å²) < 4.78 is -0.321. The highest BCUT2D eigenvalue weighted by atomic mass is 80.0. The van der Waals surface area contributed by atoms with Crippen LogP contribution in [0.4, 0.5) is 0 Å². The van der Waals surface area contributed by atoms with Crippen LogP contribution < -0.4 is 0 Å². The van der Waals surface area contributed by atoms with Crippen molar-refractivity contribution in [3.63, 3.8) is 0 Å². The normalized spacial score (nSPS) is 19.3. The van der Waals surface area contributed by atoms with Crippen LogP contribution in [-0.4, -0.2) is 13.6 Å². The Morgan fingerprint density at radius 3 is 2.33 bits per heavy atom. The Labute approximate surface area is 151 Å². The fraction of sp³-hybridized carbons (Fsp3) is 0.294. The average molecular weight is 474 g/mol. The maximum absolute atomic E-state index is 3.76. The van der Waals surface area contributed by atoms with Crippen molar-refractivity contribution in [2.75, 3.05) is 6.54 Å². The van der Waals surface area contributed by atoms with E-state index in [4.69, 9.17) is 0 Å². The summed E-state index contributed by atoms with van der Waals surface area (Å²) in [6, 6.07) is 19.6. The van der Waals surface area contributed by atoms with Gasteiger partial charge in [0.15, 0.2) is 2.14 Å². The van der Waals surface area contributed by atoms with E-state index in [0.29, 0.717) is 0 Å². The van der Waals surface area contributed by atoms with Gasteiger partial charge in [0.1, 0.15) is 0 Å². The molecule has 1 atom stereocenters. The molecule has 0 aliphatic carbocycles. The predicted molar refractivity (Wildman–Crippen MR) is 99.3 cm³/mol. The van der Waals surface area contributed by atoms with Gasteiger partial charge in [-0.3, -0.25) is 4.90 Å². The van der Waals surface area contributed by atoms with E-state index in [0.717, 1.165) is 19.5 Å². The molecule has 2 aromatic rings. The van der Waals surface area contributed by atoms with E-state index in [2.05, 4.69) is 107 Å². The zero-order valence-corrected chi connectivity index (χ0v) is 16.2. The van der Waals surface area contributed by atoms with E-state index in [-0.39, 0.29) is 8.18 Å². The highest BCUT2D eigenvalue weighted by Gasteiger charge is 2.40. The van der Waals surface area contributed by atoms with Gasteiger partial charge in [-0.05, 0) is 23.1 Å². The highest BCUT2D eigenvalue weighted by molar-refractivity contribution is 9.39. The van der Waals surface area contributed by atoms with Crippen LogP contribution in [0.15, 0.2) is 54.6 Å². The van der Waals surface area contributed by atoms with Crippen molar-refractivity contribution < 1.29 is 0 Å². The molecule has 0 aromatic heterocycles. The van der Waals surface area contributed by atoms with Crippen LogP contribution in [0, 0.1) is 0 Å². The molecule has 1 aliphatic rings. The second-order valence-corrected chi connectivity index (χ2v) is 12.3. The maximum atomic E-state index is 3.76. The van der Waals surface area contributed by atoms with Crippen molar-refractivity contribution in [3.05, 3.63) is 71.3 Å². The van der Waals surface area contributed by atoms with Gasteiger partial charge in [-0.1, -0.05) is 102 Å². The molecule has 0 fully saturated rings. The molecule has 0 N–H and O–H groups in total. The first-order valence-electron chi connectivity index (χ1n) is 6.98. The van der Waals surface area contributed by atoms with Crippen LogP contribution in [-0.2, 0) is 13.0 Å². The lowest BCUT2D eigenvalue weighted by Gasteiger charge is -2.41. The van der Waals surface area contributed by atoms with Crippen molar-refractivity contribution >= 4 is 47.8 Å². The number of fused-ring (bicyclic) bond motifs is 1. The molecular weight excluding hydrogens is 458 g/mol. The van der Waals surface area contributed by atoms with Gasteiger partial charge in [0.25, 0.3) is 0 Å². The summed E-state index contributed by atoms with van der Waals surface area (Å²) in [4.78, 5) is 2.51. The predicted octanol–water partition coefficient (Wildman–Crippen LogP) is 5.62. The molecule has 0 saturated heterocycles. The Kier molecular flexibility index (Phi) is 4.89. The van der Waals surface area contributed by atoms with Crippen LogP contribution in [0.3, 0.4) is 0 Å². The van der Waals surface area contributed by atoms with Gasteiger partial charge >= 0.3 is 0 Å². The van der Waals surface area contributed by atoms with Gasteiger partial charge in [0, 0.05) is 13.1 Å². The molecule has 4 heteroatoms. The molecule has 0 saturated carbocycles. The fourth-order valence-electron chi connectivity index (χ4n) is 2.99. The van der Waals surface area contributed by atoms with E-state index >= 15 is 0 Å². The van der Waals surface area contributed by atoms with E-state index in [1.807, 2.05) is 0 Å². The Hall–Kier alpha value is -0.160. The van der Waals surface area contributed by atoms with E-state index in [1.54, 1.807) is 0 Å². The van der Waals surface area contributed by atoms with E-state index in [9.17, 15) is 0 Å². The molecule has 1 heterocycles. The van der Waals surface area contributed by atoms with Gasteiger partial charge in [-0.2, -0.15) is 0 Å². The Morgan fingerprint density at radius 2 is 1.62 bits per heavy atom. The molecule has 2 aromatic carbocycles. The largest absolute Gasteiger partial charge is 0.289 e. The first-order chi connectivity index (χ1) is 10.1. The summed E-state index contributed by atoms with van der Waals surface area (Å²) in [7, 11) is 0. The quantitative estimate of drug-likeness (QED) is 0.511. The van der Waals surface area contributed by atoms with Crippen molar-refractivity contribution in [2.45, 2.75) is 21.2 Å². The second-order valence-electron chi connectivity index (χ2n) is 5.35. The first kappa shape index (κ1) is 15.7. The number of benzene rings is 2. The molecule has 21 heavy (non-hydrogen) atoms. The third-order valence-electron chi connectivity index (χ3n) is 3.92. The first-order valence-corrected chi connectivity index (χ1v) is 9.36. The van der Waals surface area contributed by atoms with Gasteiger partial charge in [-0.15, -0.1) is 0 Å². The Morgan fingerprint density at radius 1 is 0.952 bits per heavy atom. The summed E-state index contributed by atoms with van der Waals surface area (Å²) in [5.41, 5.74) is 4.17. The lowest BCUT2D eigenvalue weighted by molar-refractivity contribution is 0.185. The SMILES string of the molecule is BrC(Br)(Br)C1c2ccccc2CCN1Cc1ccccc1. The summed E-state index contributed by atoms with van der Waals surface area (Å²) in [6.07, 6.45) is 1.10. The van der Waals surface area contributed by atoms with Crippen LogP contribution >= 0.6 is 47.8 Å². The zero-order valence-electron chi connectivity index (χ0n) is 11.5. The van der Waals surface area contributed by atoms with Gasteiger partial charge in [-0.25, -0.2) is 0 Å². The van der Waals surface area contributed by atoms with Crippen molar-refractivity contribution in [1.29, 1.82) is 0 Å². The minimum atomic E-state index is -0.321. The molecule has 0 bridgehead atoms. The second kappa shape index (κ2) is 6.53. The molecule has 0 radical (unpaired) electrons. The average Bonchev–Trinajstić information content (AvgIpc) is 2.47. The smallest absolute Gasteiger partial charge is 0.154 e. The maximum Gasteiger partial charge on any atom is 0.154 e. The monoisotopic (exact) mass is 471 g/mol. The van der Waals surface area contributed by atoms with E-state index < -0.39 is 0 Å². The topological polar surface area (TPSA) is 3.24 Å². The van der Waals surface area contributed by atoms with Crippen molar-refractivity contribution in [1.82, 2.24) is 4.90 Å². The number of halogens is 3. The Bertz CT molecular complexity index is 607. The van der Waals surface area contributed by atoms with Gasteiger partial charge < -0.3 is 0 Å². The standard InChI is InChI=1S/C17H16Br3N/c18-17(19,20)16-15-9-5-4-8-14(15)10-11-21(16)12-13-6-2-1-3-7-13/h1-9,16H,10-12H2. The lowest BCUT2D eigenvalue weighted by atomic mass is 9.93. The van der Waals surface area contributed by atoms with E-state index in [1.165, 1.54) is 16.7 Å². The minimum absolute atomic E-state index is 0.239. The number of rotatable bonds is 2. The molecule has 0 spiro atoms. The molecule has 1 unspecified atom stereocenters. The lowest BCUT2D eigenvalue weighted by Crippen LogP contribution is -2.40. The van der Waals surface area contributed by atoms with Crippen molar-refractivity contribution in [3.8, 4) is 0 Å². The Balaban J connectivity index is 1.94. The number of alkyl halides is 3. The van der Waals surface area contributed by atoms with Crippen LogP contribution in [0.2, 0.25) is 0 Å². The molecule has 1 aliphatic heterocycles. The molecular formula is C17H16Br3N. The van der Waals surface area contributed by atoms with Crippen LogP contribution in [0.5, 0.6) is 0 Å². The summed E-state index contributed by atoms with van der Waals surface area (Å²) in [5, 5.41) is 0. The highest BCUT2D eigenvalue weighted by Crippen LogP contribution is 2.50. The van der Waals surface area contributed by atoms with Crippen LogP contribution in [0.1, 0.15) is 22.7 Å². The zero-order chi connectivity index (χ0) is 14.9. The number of nitrogens with zero attached hydrogens (tertiary/aromatic N) is 1. The van der Waals surface area contributed by atoms with Gasteiger partial charge in [0.05, 0.1) is 6.04 Å². The van der Waals surface area contributed by atoms with Gasteiger partial charge in [0.2, 0.25) is 0 Å². The number of hydrogen-bond acceptors (Lipinski definition) is 1. The molecule has 0 amide bonds. The third kappa shape index (κ3) is 3.61. The minimum Gasteiger partial charge on any atom is -0.289 e. The molecule has 3 rings (SSSR count). The molecule has 1 nitrogen and oxygen atoms in total. The summed E-state index contributed by atoms with van der Waals surface area (Å²) >= 11 is 11.3. The summed E-state index contributed by atoms with van der Waals surface area (Å²) in [6.45, 7) is 2.01. The number of hydrogen-bond donors (Lipinski definition) is 0. The molecule has 110 valence electrons. The van der Waals surface area contributed by atoms with Crippen molar-refractivity contribution in [2.24, 2.45) is 0 Å². The van der Waals surface area contributed by atoms with Crippen LogP contribution in [0.25, 0.3) is 0 Å². The summed E-state index contributed by atoms with van der Waals surface area (Å²) in [5.74, 6) is 0. The third-order valence-corrected chi connectivity index (χ3v) is 5.22. The fourth-order valence-corrected chi connectivity index (χ4v) is 4.60.